The lowest BCUT2D eigenvalue weighted by molar-refractivity contribution is 0.573. The molecule has 0 aromatic rings. The maximum Gasteiger partial charge on any atom is -0.0275 e. The second-order valence-corrected chi connectivity index (χ2v) is 4.18. The summed E-state index contributed by atoms with van der Waals surface area (Å²) >= 11 is 0. The van der Waals surface area contributed by atoms with Gasteiger partial charge >= 0.3 is 0 Å². The maximum atomic E-state index is 2.29. The zero-order valence-electron chi connectivity index (χ0n) is 9.86. The summed E-state index contributed by atoms with van der Waals surface area (Å²) < 4.78 is 0. The lowest BCUT2D eigenvalue weighted by Gasteiger charge is -2.06. The normalized spacial score (nSPS) is 11.1. The average Bonchev–Trinajstić information content (AvgIpc) is 2.16. The zero-order chi connectivity index (χ0) is 9.94. The van der Waals surface area contributed by atoms with E-state index in [0.717, 1.165) is 0 Å². The number of hydrogen-bond acceptors (Lipinski definition) is 0. The highest BCUT2D eigenvalue weighted by molar-refractivity contribution is 4.80. The molecule has 0 amide bonds. The van der Waals surface area contributed by atoms with E-state index in [2.05, 4.69) is 20.8 Å². The van der Waals surface area contributed by atoms with Gasteiger partial charge < -0.3 is 0 Å². The summed E-state index contributed by atoms with van der Waals surface area (Å²) in [6.07, 6.45) is 12.7. The standard InChI is InChI=1S/C13H27/c1-4-6-7-8-9-10-11-12-13(3)5-2/h4-12H2,1-3H3. The maximum absolute atomic E-state index is 2.29. The molecule has 0 nitrogen and oxygen atoms in total. The summed E-state index contributed by atoms with van der Waals surface area (Å²) in [5, 5.41) is 0. The first kappa shape index (κ1) is 13.0. The van der Waals surface area contributed by atoms with E-state index in [1.807, 2.05) is 0 Å². The molecule has 0 unspecified atom stereocenters. The van der Waals surface area contributed by atoms with Crippen LogP contribution in [0.2, 0.25) is 0 Å². The Morgan fingerprint density at radius 3 is 1.85 bits per heavy atom. The molecule has 0 atom stereocenters. The van der Waals surface area contributed by atoms with Crippen molar-refractivity contribution in [1.29, 1.82) is 0 Å². The van der Waals surface area contributed by atoms with Crippen molar-refractivity contribution in [2.75, 3.05) is 0 Å². The molecule has 0 heteroatoms. The highest BCUT2D eigenvalue weighted by Gasteiger charge is 1.98. The van der Waals surface area contributed by atoms with Crippen LogP contribution in [-0.4, -0.2) is 0 Å². The molecule has 0 aliphatic heterocycles. The van der Waals surface area contributed by atoms with Gasteiger partial charge in [0.05, 0.1) is 0 Å². The average molecular weight is 183 g/mol. The Labute approximate surface area is 85.1 Å². The molecule has 0 heterocycles. The summed E-state index contributed by atoms with van der Waals surface area (Å²) in [7, 11) is 0. The summed E-state index contributed by atoms with van der Waals surface area (Å²) in [6.45, 7) is 6.83. The summed E-state index contributed by atoms with van der Waals surface area (Å²) in [5.41, 5.74) is 0. The highest BCUT2D eigenvalue weighted by atomic mass is 14.0. The predicted molar refractivity (Wildman–Crippen MR) is 61.8 cm³/mol. The van der Waals surface area contributed by atoms with Gasteiger partial charge in [-0.2, -0.15) is 0 Å². The second-order valence-electron chi connectivity index (χ2n) is 4.18. The van der Waals surface area contributed by atoms with E-state index < -0.39 is 0 Å². The molecule has 0 aromatic heterocycles. The Hall–Kier alpha value is 0. The van der Waals surface area contributed by atoms with Crippen molar-refractivity contribution in [2.24, 2.45) is 0 Å². The Morgan fingerprint density at radius 2 is 1.31 bits per heavy atom. The van der Waals surface area contributed by atoms with E-state index in [1.54, 1.807) is 5.92 Å². The summed E-state index contributed by atoms with van der Waals surface area (Å²) in [6, 6.07) is 0. The smallest absolute Gasteiger partial charge is 0.0275 e. The third-order valence-electron chi connectivity index (χ3n) is 2.81. The molecule has 0 saturated heterocycles. The van der Waals surface area contributed by atoms with Gasteiger partial charge in [-0.05, 0) is 12.3 Å². The van der Waals surface area contributed by atoms with Crippen molar-refractivity contribution < 1.29 is 0 Å². The molecular weight excluding hydrogens is 156 g/mol. The lowest BCUT2D eigenvalue weighted by atomic mass is 10.00. The summed E-state index contributed by atoms with van der Waals surface area (Å²) in [5.74, 6) is 1.67. The van der Waals surface area contributed by atoms with Crippen LogP contribution in [0.15, 0.2) is 0 Å². The van der Waals surface area contributed by atoms with Crippen molar-refractivity contribution >= 4 is 0 Å². The van der Waals surface area contributed by atoms with Gasteiger partial charge in [-0.15, -0.1) is 0 Å². The Bertz CT molecular complexity index is 86.0. The number of unbranched alkanes of at least 4 members (excludes halogenated alkanes) is 6. The van der Waals surface area contributed by atoms with Crippen LogP contribution in [0.1, 0.15) is 78.6 Å². The third-order valence-corrected chi connectivity index (χ3v) is 2.81. The monoisotopic (exact) mass is 183 g/mol. The molecule has 0 bridgehead atoms. The molecule has 0 saturated carbocycles. The highest BCUT2D eigenvalue weighted by Crippen LogP contribution is 2.15. The van der Waals surface area contributed by atoms with Crippen molar-refractivity contribution in [3.05, 3.63) is 5.92 Å². The molecule has 1 radical (unpaired) electrons. The molecule has 0 fully saturated rings. The lowest BCUT2D eigenvalue weighted by Crippen LogP contribution is -1.89. The van der Waals surface area contributed by atoms with Crippen LogP contribution in [0, 0.1) is 5.92 Å². The van der Waals surface area contributed by atoms with Crippen LogP contribution in [-0.2, 0) is 0 Å². The van der Waals surface area contributed by atoms with E-state index in [-0.39, 0.29) is 0 Å². The summed E-state index contributed by atoms with van der Waals surface area (Å²) in [4.78, 5) is 0. The zero-order valence-corrected chi connectivity index (χ0v) is 9.86. The fourth-order valence-corrected chi connectivity index (χ4v) is 1.56. The van der Waals surface area contributed by atoms with Crippen LogP contribution in [0.25, 0.3) is 0 Å². The van der Waals surface area contributed by atoms with Crippen molar-refractivity contribution in [3.8, 4) is 0 Å². The van der Waals surface area contributed by atoms with Crippen molar-refractivity contribution in [2.45, 2.75) is 78.6 Å². The molecule has 0 aromatic carbocycles. The van der Waals surface area contributed by atoms with Crippen LogP contribution in [0.4, 0.5) is 0 Å². The van der Waals surface area contributed by atoms with Gasteiger partial charge in [-0.1, -0.05) is 72.1 Å². The quantitative estimate of drug-likeness (QED) is 0.435. The minimum Gasteiger partial charge on any atom is -0.0654 e. The van der Waals surface area contributed by atoms with Crippen LogP contribution < -0.4 is 0 Å². The minimum absolute atomic E-state index is 1.27. The van der Waals surface area contributed by atoms with E-state index >= 15 is 0 Å². The van der Waals surface area contributed by atoms with Gasteiger partial charge in [0.1, 0.15) is 0 Å². The number of hydrogen-bond donors (Lipinski definition) is 0. The predicted octanol–water partition coefficient (Wildman–Crippen LogP) is 5.13. The minimum atomic E-state index is 1.27. The number of rotatable bonds is 9. The molecule has 13 heavy (non-hydrogen) atoms. The molecule has 79 valence electrons. The second kappa shape index (κ2) is 10.1. The van der Waals surface area contributed by atoms with Gasteiger partial charge in [0.25, 0.3) is 0 Å². The SMILES string of the molecule is CCCCCCCCC[C](C)CC. The van der Waals surface area contributed by atoms with Gasteiger partial charge in [0.2, 0.25) is 0 Å². The van der Waals surface area contributed by atoms with Gasteiger partial charge in [-0.3, -0.25) is 0 Å². The van der Waals surface area contributed by atoms with E-state index in [0.29, 0.717) is 0 Å². The van der Waals surface area contributed by atoms with Gasteiger partial charge in [-0.25, -0.2) is 0 Å². The fourth-order valence-electron chi connectivity index (χ4n) is 1.56. The molecule has 0 rings (SSSR count). The Balaban J connectivity index is 2.91. The third kappa shape index (κ3) is 9.92. The van der Waals surface area contributed by atoms with Gasteiger partial charge in [0, 0.05) is 0 Å². The first-order valence-corrected chi connectivity index (χ1v) is 6.12. The molecule has 0 aliphatic rings. The van der Waals surface area contributed by atoms with E-state index in [4.69, 9.17) is 0 Å². The van der Waals surface area contributed by atoms with Crippen LogP contribution >= 0.6 is 0 Å². The van der Waals surface area contributed by atoms with Crippen LogP contribution in [0.3, 0.4) is 0 Å². The fraction of sp³-hybridized carbons (Fsp3) is 0.923. The first-order chi connectivity index (χ1) is 6.31. The van der Waals surface area contributed by atoms with Crippen molar-refractivity contribution in [3.63, 3.8) is 0 Å². The topological polar surface area (TPSA) is 0 Å². The van der Waals surface area contributed by atoms with E-state index in [9.17, 15) is 0 Å². The van der Waals surface area contributed by atoms with Gasteiger partial charge in [0.15, 0.2) is 0 Å². The molecule has 0 N–H and O–H groups in total. The van der Waals surface area contributed by atoms with Crippen LogP contribution in [0.5, 0.6) is 0 Å². The first-order valence-electron chi connectivity index (χ1n) is 6.12. The van der Waals surface area contributed by atoms with E-state index in [1.165, 1.54) is 57.8 Å². The molecule has 0 spiro atoms. The largest absolute Gasteiger partial charge is 0.0654 e. The Kier molecular flexibility index (Phi) is 10.1. The molecular formula is C13H27. The Morgan fingerprint density at radius 1 is 0.769 bits per heavy atom. The van der Waals surface area contributed by atoms with Crippen molar-refractivity contribution in [1.82, 2.24) is 0 Å². The molecule has 0 aliphatic carbocycles.